The summed E-state index contributed by atoms with van der Waals surface area (Å²) in [7, 11) is 0. The molecule has 0 saturated carbocycles. The van der Waals surface area contributed by atoms with Crippen molar-refractivity contribution in [2.45, 2.75) is 45.1 Å². The van der Waals surface area contributed by atoms with Crippen molar-refractivity contribution in [1.29, 1.82) is 0 Å². The van der Waals surface area contributed by atoms with Crippen LogP contribution in [-0.2, 0) is 9.59 Å². The van der Waals surface area contributed by atoms with Gasteiger partial charge in [-0.15, -0.1) is 0 Å². The summed E-state index contributed by atoms with van der Waals surface area (Å²) in [5, 5.41) is 2.25. The minimum Gasteiger partial charge on any atom is -0.295 e. The zero-order chi connectivity index (χ0) is 16.7. The normalized spacial score (nSPS) is 21.5. The Kier molecular flexibility index (Phi) is 3.75. The van der Waals surface area contributed by atoms with Crippen LogP contribution in [0.5, 0.6) is 0 Å². The fraction of sp³-hybridized carbons (Fsp3) is 0.412. The van der Waals surface area contributed by atoms with Crippen molar-refractivity contribution >= 4 is 23.6 Å². The van der Waals surface area contributed by atoms with Crippen LogP contribution in [0, 0.1) is 0 Å². The van der Waals surface area contributed by atoms with Crippen LogP contribution in [0.25, 0.3) is 0 Å². The second-order valence-corrected chi connectivity index (χ2v) is 6.23. The number of hydrogen-bond donors (Lipinski definition) is 1. The van der Waals surface area contributed by atoms with Crippen LogP contribution in [0.3, 0.4) is 0 Å². The van der Waals surface area contributed by atoms with Gasteiger partial charge in [0.1, 0.15) is 6.04 Å². The molecule has 4 amide bonds. The van der Waals surface area contributed by atoms with E-state index in [0.29, 0.717) is 24.0 Å². The summed E-state index contributed by atoms with van der Waals surface area (Å²) < 4.78 is 0. The summed E-state index contributed by atoms with van der Waals surface area (Å²) >= 11 is 0. The second kappa shape index (κ2) is 5.61. The first kappa shape index (κ1) is 15.4. The predicted octanol–water partition coefficient (Wildman–Crippen LogP) is 1.60. The molecule has 2 heterocycles. The van der Waals surface area contributed by atoms with Gasteiger partial charge in [0.25, 0.3) is 11.8 Å². The third kappa shape index (κ3) is 2.44. The summed E-state index contributed by atoms with van der Waals surface area (Å²) in [4.78, 5) is 50.1. The molecule has 1 atom stereocenters. The average molecular weight is 314 g/mol. The van der Waals surface area contributed by atoms with Crippen molar-refractivity contribution in [2.24, 2.45) is 0 Å². The van der Waals surface area contributed by atoms with Crippen molar-refractivity contribution in [3.63, 3.8) is 0 Å². The maximum atomic E-state index is 12.8. The Balaban J connectivity index is 2.02. The largest absolute Gasteiger partial charge is 0.295 e. The standard InChI is InChI=1S/C17H18N2O4/c1-9(2)10-5-3-6-11-14(10)17(23)19(16(11)22)12-7-4-8-13(20)18-15(12)21/h3,5-6,9,12H,4,7-8H2,1-2H3,(H,18,20,21). The van der Waals surface area contributed by atoms with Gasteiger partial charge in [-0.3, -0.25) is 29.4 Å². The van der Waals surface area contributed by atoms with E-state index in [-0.39, 0.29) is 18.2 Å². The first-order valence-electron chi connectivity index (χ1n) is 7.76. The molecule has 1 aromatic carbocycles. The molecule has 0 aliphatic carbocycles. The van der Waals surface area contributed by atoms with Crippen molar-refractivity contribution in [2.75, 3.05) is 0 Å². The number of amides is 4. The van der Waals surface area contributed by atoms with Crippen molar-refractivity contribution in [1.82, 2.24) is 10.2 Å². The molecule has 1 unspecified atom stereocenters. The smallest absolute Gasteiger partial charge is 0.262 e. The zero-order valence-electron chi connectivity index (χ0n) is 13.1. The molecule has 2 aliphatic rings. The molecule has 1 fully saturated rings. The van der Waals surface area contributed by atoms with E-state index in [0.717, 1.165) is 10.5 Å². The van der Waals surface area contributed by atoms with Crippen LogP contribution in [-0.4, -0.2) is 34.6 Å². The highest BCUT2D eigenvalue weighted by atomic mass is 16.2. The number of rotatable bonds is 2. The highest BCUT2D eigenvalue weighted by Crippen LogP contribution is 2.32. The molecular weight excluding hydrogens is 296 g/mol. The van der Waals surface area contributed by atoms with E-state index in [2.05, 4.69) is 5.32 Å². The number of nitrogens with zero attached hydrogens (tertiary/aromatic N) is 1. The van der Waals surface area contributed by atoms with Crippen molar-refractivity contribution < 1.29 is 19.2 Å². The number of fused-ring (bicyclic) bond motifs is 1. The Bertz CT molecular complexity index is 723. The van der Waals surface area contributed by atoms with Gasteiger partial charge in [-0.2, -0.15) is 0 Å². The number of hydrogen-bond acceptors (Lipinski definition) is 4. The van der Waals surface area contributed by atoms with Crippen molar-refractivity contribution in [3.8, 4) is 0 Å². The SMILES string of the molecule is CC(C)c1cccc2c1C(=O)N(C1CCCC(=O)NC1=O)C2=O. The topological polar surface area (TPSA) is 83.6 Å². The molecule has 2 aliphatic heterocycles. The average Bonchev–Trinajstić information content (AvgIpc) is 2.64. The Morgan fingerprint density at radius 2 is 1.87 bits per heavy atom. The lowest BCUT2D eigenvalue weighted by molar-refractivity contribution is -0.131. The summed E-state index contributed by atoms with van der Waals surface area (Å²) in [5.41, 5.74) is 1.52. The zero-order valence-corrected chi connectivity index (χ0v) is 13.1. The summed E-state index contributed by atoms with van der Waals surface area (Å²) in [6.07, 6.45) is 0.995. The van der Waals surface area contributed by atoms with E-state index in [1.165, 1.54) is 0 Å². The van der Waals surface area contributed by atoms with E-state index in [9.17, 15) is 19.2 Å². The molecule has 3 rings (SSSR count). The Morgan fingerprint density at radius 1 is 1.13 bits per heavy atom. The number of nitrogens with one attached hydrogen (secondary N) is 1. The van der Waals surface area contributed by atoms with E-state index < -0.39 is 23.8 Å². The van der Waals surface area contributed by atoms with Crippen LogP contribution in [0.2, 0.25) is 0 Å². The number of imide groups is 2. The minimum absolute atomic E-state index is 0.0891. The van der Waals surface area contributed by atoms with Gasteiger partial charge < -0.3 is 0 Å². The summed E-state index contributed by atoms with van der Waals surface area (Å²) in [5.74, 6) is -1.75. The third-order valence-electron chi connectivity index (χ3n) is 4.36. The van der Waals surface area contributed by atoms with Crippen LogP contribution in [0.1, 0.15) is 65.3 Å². The Labute approximate surface area is 133 Å². The van der Waals surface area contributed by atoms with Crippen LogP contribution in [0.15, 0.2) is 18.2 Å². The van der Waals surface area contributed by atoms with Gasteiger partial charge in [-0.25, -0.2) is 0 Å². The van der Waals surface area contributed by atoms with E-state index in [1.54, 1.807) is 12.1 Å². The molecule has 0 bridgehead atoms. The minimum atomic E-state index is -0.922. The third-order valence-corrected chi connectivity index (χ3v) is 4.36. The quantitative estimate of drug-likeness (QED) is 0.841. The molecule has 120 valence electrons. The van der Waals surface area contributed by atoms with Crippen LogP contribution >= 0.6 is 0 Å². The molecule has 1 aromatic rings. The van der Waals surface area contributed by atoms with E-state index >= 15 is 0 Å². The van der Waals surface area contributed by atoms with Gasteiger partial charge in [-0.1, -0.05) is 26.0 Å². The first-order valence-corrected chi connectivity index (χ1v) is 7.76. The van der Waals surface area contributed by atoms with E-state index in [4.69, 9.17) is 0 Å². The second-order valence-electron chi connectivity index (χ2n) is 6.23. The van der Waals surface area contributed by atoms with Crippen LogP contribution < -0.4 is 5.32 Å². The number of benzene rings is 1. The monoisotopic (exact) mass is 314 g/mol. The molecule has 1 N–H and O–H groups in total. The molecule has 0 spiro atoms. The Hall–Kier alpha value is -2.50. The number of carbonyl (C=O) groups excluding carboxylic acids is 4. The van der Waals surface area contributed by atoms with Gasteiger partial charge >= 0.3 is 0 Å². The fourth-order valence-electron chi connectivity index (χ4n) is 3.21. The van der Waals surface area contributed by atoms with Gasteiger partial charge in [0.15, 0.2) is 0 Å². The fourth-order valence-corrected chi connectivity index (χ4v) is 3.21. The molecule has 1 saturated heterocycles. The molecule has 0 aromatic heterocycles. The van der Waals surface area contributed by atoms with E-state index in [1.807, 2.05) is 19.9 Å². The number of carbonyl (C=O) groups is 4. The summed E-state index contributed by atoms with van der Waals surface area (Å²) in [6, 6.07) is 4.27. The lowest BCUT2D eigenvalue weighted by Crippen LogP contribution is -2.49. The van der Waals surface area contributed by atoms with Crippen LogP contribution in [0.4, 0.5) is 0 Å². The highest BCUT2D eigenvalue weighted by molar-refractivity contribution is 6.23. The maximum Gasteiger partial charge on any atom is 0.262 e. The highest BCUT2D eigenvalue weighted by Gasteiger charge is 2.44. The lowest BCUT2D eigenvalue weighted by Gasteiger charge is -2.23. The Morgan fingerprint density at radius 3 is 2.57 bits per heavy atom. The van der Waals surface area contributed by atoms with Gasteiger partial charge in [0.2, 0.25) is 11.8 Å². The molecular formula is C17H18N2O4. The molecule has 6 nitrogen and oxygen atoms in total. The molecule has 0 radical (unpaired) electrons. The maximum absolute atomic E-state index is 12.8. The lowest BCUT2D eigenvalue weighted by atomic mass is 9.94. The molecule has 6 heteroatoms. The van der Waals surface area contributed by atoms with Crippen molar-refractivity contribution in [3.05, 3.63) is 34.9 Å². The summed E-state index contributed by atoms with van der Waals surface area (Å²) in [6.45, 7) is 3.90. The van der Waals surface area contributed by atoms with Gasteiger partial charge in [-0.05, 0) is 30.4 Å². The van der Waals surface area contributed by atoms with Gasteiger partial charge in [0.05, 0.1) is 11.1 Å². The molecule has 23 heavy (non-hydrogen) atoms. The predicted molar refractivity (Wildman–Crippen MR) is 81.8 cm³/mol. The first-order chi connectivity index (χ1) is 10.9. The van der Waals surface area contributed by atoms with Gasteiger partial charge in [0, 0.05) is 6.42 Å².